The van der Waals surface area contributed by atoms with E-state index in [-0.39, 0.29) is 24.5 Å². The van der Waals surface area contributed by atoms with Crippen LogP contribution in [0.5, 0.6) is 0 Å². The number of carbonyl (C=O) groups excluding carboxylic acids is 2. The molecule has 1 saturated carbocycles. The summed E-state index contributed by atoms with van der Waals surface area (Å²) in [6, 6.07) is 9.99. The van der Waals surface area contributed by atoms with E-state index in [9.17, 15) is 9.59 Å². The molecule has 1 amide bonds. The smallest absolute Gasteiger partial charge is 0.306 e. The van der Waals surface area contributed by atoms with Crippen molar-refractivity contribution in [3.05, 3.63) is 35.9 Å². The molecule has 0 aromatic heterocycles. The first-order valence-electron chi connectivity index (χ1n) is 8.55. The molecule has 126 valence electrons. The first kappa shape index (κ1) is 17.5. The first-order chi connectivity index (χ1) is 11.1. The summed E-state index contributed by atoms with van der Waals surface area (Å²) in [6.45, 7) is 4.23. The van der Waals surface area contributed by atoms with Crippen LogP contribution in [0.25, 0.3) is 0 Å². The van der Waals surface area contributed by atoms with Crippen molar-refractivity contribution < 1.29 is 14.3 Å². The normalized spacial score (nSPS) is 24.0. The maximum Gasteiger partial charge on any atom is 0.306 e. The van der Waals surface area contributed by atoms with E-state index in [0.29, 0.717) is 24.7 Å². The van der Waals surface area contributed by atoms with Crippen molar-refractivity contribution in [3.63, 3.8) is 0 Å². The summed E-state index contributed by atoms with van der Waals surface area (Å²) in [5.41, 5.74) is 1.10. The number of nitrogens with one attached hydrogen (secondary N) is 1. The van der Waals surface area contributed by atoms with Gasteiger partial charge >= 0.3 is 5.97 Å². The monoisotopic (exact) mass is 317 g/mol. The van der Waals surface area contributed by atoms with Crippen molar-refractivity contribution >= 4 is 11.9 Å². The Morgan fingerprint density at radius 1 is 1.17 bits per heavy atom. The van der Waals surface area contributed by atoms with Gasteiger partial charge in [0.25, 0.3) is 5.91 Å². The van der Waals surface area contributed by atoms with Gasteiger partial charge in [-0.3, -0.25) is 9.59 Å². The predicted octanol–water partition coefficient (Wildman–Crippen LogP) is 3.10. The molecule has 0 heterocycles. The van der Waals surface area contributed by atoms with E-state index in [1.54, 1.807) is 0 Å². The van der Waals surface area contributed by atoms with Crippen LogP contribution >= 0.6 is 0 Å². The fourth-order valence-corrected chi connectivity index (χ4v) is 3.14. The number of esters is 1. The number of carbonyl (C=O) groups is 2. The van der Waals surface area contributed by atoms with Crippen molar-refractivity contribution in [1.82, 2.24) is 5.32 Å². The Balaban J connectivity index is 1.66. The SMILES string of the molecule is C[C@H]1[C@@H](NC(=O)COC(=O)CCc2ccccc2)CCC[C@@H]1C. The second-order valence-electron chi connectivity index (χ2n) is 6.59. The van der Waals surface area contributed by atoms with Crippen molar-refractivity contribution in [1.29, 1.82) is 0 Å². The second kappa shape index (κ2) is 8.70. The molecule has 0 aliphatic heterocycles. The fraction of sp³-hybridized carbons (Fsp3) is 0.579. The fourth-order valence-electron chi connectivity index (χ4n) is 3.14. The molecule has 1 N–H and O–H groups in total. The predicted molar refractivity (Wildman–Crippen MR) is 89.8 cm³/mol. The van der Waals surface area contributed by atoms with E-state index in [1.165, 1.54) is 6.42 Å². The van der Waals surface area contributed by atoms with E-state index in [1.807, 2.05) is 30.3 Å². The van der Waals surface area contributed by atoms with Gasteiger partial charge in [-0.2, -0.15) is 0 Å². The Morgan fingerprint density at radius 2 is 1.91 bits per heavy atom. The van der Waals surface area contributed by atoms with E-state index in [0.717, 1.165) is 18.4 Å². The molecular weight excluding hydrogens is 290 g/mol. The largest absolute Gasteiger partial charge is 0.456 e. The summed E-state index contributed by atoms with van der Waals surface area (Å²) in [6.07, 6.45) is 4.32. The highest BCUT2D eigenvalue weighted by molar-refractivity contribution is 5.80. The Morgan fingerprint density at radius 3 is 2.65 bits per heavy atom. The summed E-state index contributed by atoms with van der Waals surface area (Å²) in [7, 11) is 0. The third-order valence-electron chi connectivity index (χ3n) is 4.88. The lowest BCUT2D eigenvalue weighted by atomic mass is 9.78. The van der Waals surface area contributed by atoms with Crippen LogP contribution in [0.15, 0.2) is 30.3 Å². The molecule has 3 atom stereocenters. The molecule has 1 aliphatic rings. The lowest BCUT2D eigenvalue weighted by Crippen LogP contribution is -2.45. The van der Waals surface area contributed by atoms with E-state index < -0.39 is 0 Å². The number of rotatable bonds is 6. The molecule has 23 heavy (non-hydrogen) atoms. The summed E-state index contributed by atoms with van der Waals surface area (Å²) in [4.78, 5) is 23.7. The van der Waals surface area contributed by atoms with Gasteiger partial charge in [-0.25, -0.2) is 0 Å². The molecule has 4 heteroatoms. The van der Waals surface area contributed by atoms with Crippen LogP contribution in [0.2, 0.25) is 0 Å². The molecule has 0 unspecified atom stereocenters. The standard InChI is InChI=1S/C19H27NO3/c1-14-7-6-10-17(15(14)2)20-18(21)13-23-19(22)12-11-16-8-4-3-5-9-16/h3-5,8-9,14-15,17H,6-7,10-13H2,1-2H3,(H,20,21)/t14-,15+,17-/m0/s1. The summed E-state index contributed by atoms with van der Waals surface area (Å²) < 4.78 is 5.08. The lowest BCUT2D eigenvalue weighted by Gasteiger charge is -2.34. The molecule has 1 aromatic carbocycles. The maximum absolute atomic E-state index is 12.0. The number of benzene rings is 1. The molecule has 0 saturated heterocycles. The molecule has 0 radical (unpaired) electrons. The highest BCUT2D eigenvalue weighted by Gasteiger charge is 2.28. The van der Waals surface area contributed by atoms with Crippen LogP contribution in [-0.4, -0.2) is 24.5 Å². The lowest BCUT2D eigenvalue weighted by molar-refractivity contribution is -0.148. The molecule has 0 bridgehead atoms. The average Bonchev–Trinajstić information content (AvgIpc) is 2.56. The summed E-state index contributed by atoms with van der Waals surface area (Å²) in [5.74, 6) is 0.585. The van der Waals surface area contributed by atoms with Crippen molar-refractivity contribution in [2.45, 2.75) is 52.0 Å². The van der Waals surface area contributed by atoms with Crippen LogP contribution < -0.4 is 5.32 Å². The van der Waals surface area contributed by atoms with Crippen molar-refractivity contribution in [2.24, 2.45) is 11.8 Å². The van der Waals surface area contributed by atoms with Gasteiger partial charge in [0, 0.05) is 12.5 Å². The van der Waals surface area contributed by atoms with Crippen LogP contribution in [0.4, 0.5) is 0 Å². The maximum atomic E-state index is 12.0. The number of aryl methyl sites for hydroxylation is 1. The van der Waals surface area contributed by atoms with Crippen LogP contribution in [0.1, 0.15) is 45.1 Å². The van der Waals surface area contributed by atoms with Gasteiger partial charge in [0.05, 0.1) is 0 Å². The number of amides is 1. The first-order valence-corrected chi connectivity index (χ1v) is 8.55. The third-order valence-corrected chi connectivity index (χ3v) is 4.88. The Kier molecular flexibility index (Phi) is 6.63. The Hall–Kier alpha value is -1.84. The van der Waals surface area contributed by atoms with Gasteiger partial charge in [0.15, 0.2) is 6.61 Å². The van der Waals surface area contributed by atoms with Gasteiger partial charge in [-0.05, 0) is 30.2 Å². The minimum absolute atomic E-state index is 0.175. The number of hydrogen-bond donors (Lipinski definition) is 1. The topological polar surface area (TPSA) is 55.4 Å². The minimum Gasteiger partial charge on any atom is -0.456 e. The number of hydrogen-bond acceptors (Lipinski definition) is 3. The van der Waals surface area contributed by atoms with Crippen molar-refractivity contribution in [3.8, 4) is 0 Å². The van der Waals surface area contributed by atoms with Crippen LogP contribution in [0, 0.1) is 11.8 Å². The molecule has 0 spiro atoms. The molecule has 1 aliphatic carbocycles. The van der Waals surface area contributed by atoms with Gasteiger partial charge in [-0.1, -0.05) is 57.0 Å². The van der Waals surface area contributed by atoms with E-state index in [2.05, 4.69) is 19.2 Å². The van der Waals surface area contributed by atoms with Gasteiger partial charge in [0.2, 0.25) is 0 Å². The van der Waals surface area contributed by atoms with E-state index in [4.69, 9.17) is 4.74 Å². The zero-order valence-corrected chi connectivity index (χ0v) is 14.1. The summed E-state index contributed by atoms with van der Waals surface area (Å²) in [5, 5.41) is 3.01. The Bertz CT molecular complexity index is 515. The van der Waals surface area contributed by atoms with Crippen LogP contribution in [0.3, 0.4) is 0 Å². The summed E-state index contributed by atoms with van der Waals surface area (Å²) >= 11 is 0. The quantitative estimate of drug-likeness (QED) is 0.820. The second-order valence-corrected chi connectivity index (χ2v) is 6.59. The Labute approximate surface area is 138 Å². The minimum atomic E-state index is -0.325. The molecular formula is C19H27NO3. The van der Waals surface area contributed by atoms with E-state index >= 15 is 0 Å². The molecule has 2 rings (SSSR count). The van der Waals surface area contributed by atoms with Crippen LogP contribution in [-0.2, 0) is 20.7 Å². The van der Waals surface area contributed by atoms with Gasteiger partial charge in [-0.15, -0.1) is 0 Å². The zero-order chi connectivity index (χ0) is 16.7. The highest BCUT2D eigenvalue weighted by Crippen LogP contribution is 2.29. The molecule has 1 aromatic rings. The zero-order valence-electron chi connectivity index (χ0n) is 14.1. The number of ether oxygens (including phenoxy) is 1. The molecule has 1 fully saturated rings. The van der Waals surface area contributed by atoms with Gasteiger partial charge < -0.3 is 10.1 Å². The third kappa shape index (κ3) is 5.70. The highest BCUT2D eigenvalue weighted by atomic mass is 16.5. The average molecular weight is 317 g/mol. The van der Waals surface area contributed by atoms with Gasteiger partial charge in [0.1, 0.15) is 0 Å². The molecule has 4 nitrogen and oxygen atoms in total. The van der Waals surface area contributed by atoms with Crippen molar-refractivity contribution in [2.75, 3.05) is 6.61 Å².